The van der Waals surface area contributed by atoms with Crippen molar-refractivity contribution in [2.75, 3.05) is 45.3 Å². The van der Waals surface area contributed by atoms with E-state index in [4.69, 9.17) is 9.47 Å². The van der Waals surface area contributed by atoms with E-state index in [0.29, 0.717) is 17.4 Å². The van der Waals surface area contributed by atoms with E-state index in [1.54, 1.807) is 20.5 Å². The highest BCUT2D eigenvalue weighted by Gasteiger charge is 2.34. The van der Waals surface area contributed by atoms with Gasteiger partial charge in [0.15, 0.2) is 11.5 Å². The van der Waals surface area contributed by atoms with Crippen LogP contribution in [0.1, 0.15) is 19.3 Å². The van der Waals surface area contributed by atoms with Crippen molar-refractivity contribution in [3.63, 3.8) is 0 Å². The second-order valence-electron chi connectivity index (χ2n) is 6.86. The predicted octanol–water partition coefficient (Wildman–Crippen LogP) is 2.10. The molecule has 0 bridgehead atoms. The Labute approximate surface area is 152 Å². The summed E-state index contributed by atoms with van der Waals surface area (Å²) in [5.74, 6) is 2.80. The number of hydrogen-bond donors (Lipinski definition) is 0. The van der Waals surface area contributed by atoms with Crippen LogP contribution in [0.2, 0.25) is 0 Å². The fourth-order valence-corrected chi connectivity index (χ4v) is 3.56. The number of carbonyl (C=O) groups is 1. The summed E-state index contributed by atoms with van der Waals surface area (Å²) in [6.07, 6.45) is 4.63. The quantitative estimate of drug-likeness (QED) is 0.836. The molecule has 7 nitrogen and oxygen atoms in total. The lowest BCUT2D eigenvalue weighted by molar-refractivity contribution is -0.132. The third kappa shape index (κ3) is 3.13. The van der Waals surface area contributed by atoms with Gasteiger partial charge < -0.3 is 19.3 Å². The van der Waals surface area contributed by atoms with Gasteiger partial charge in [0, 0.05) is 43.5 Å². The molecule has 0 N–H and O–H groups in total. The zero-order valence-electron chi connectivity index (χ0n) is 15.3. The van der Waals surface area contributed by atoms with Crippen LogP contribution in [-0.4, -0.2) is 61.2 Å². The molecule has 0 atom stereocenters. The minimum atomic E-state index is 0.276. The number of carbonyl (C=O) groups excluding carboxylic acids is 1. The number of fused-ring (bicyclic) bond motifs is 1. The van der Waals surface area contributed by atoms with Crippen LogP contribution in [-0.2, 0) is 4.79 Å². The van der Waals surface area contributed by atoms with E-state index in [1.807, 2.05) is 17.0 Å². The Bertz CT molecular complexity index is 822. The molecule has 1 aliphatic heterocycles. The molecule has 2 heterocycles. The molecular weight excluding hydrogens is 332 g/mol. The van der Waals surface area contributed by atoms with Gasteiger partial charge in [0.25, 0.3) is 0 Å². The van der Waals surface area contributed by atoms with Crippen LogP contribution in [0.5, 0.6) is 11.5 Å². The van der Waals surface area contributed by atoms with E-state index < -0.39 is 0 Å². The molecular formula is C19H24N4O3. The normalized spacial score (nSPS) is 17.9. The van der Waals surface area contributed by atoms with Crippen LogP contribution in [0, 0.1) is 5.92 Å². The first-order chi connectivity index (χ1) is 12.7. The van der Waals surface area contributed by atoms with Crippen molar-refractivity contribution in [2.24, 2.45) is 5.92 Å². The van der Waals surface area contributed by atoms with Gasteiger partial charge in [-0.25, -0.2) is 9.97 Å². The third-order valence-corrected chi connectivity index (χ3v) is 5.15. The maximum Gasteiger partial charge on any atom is 0.225 e. The minimum Gasteiger partial charge on any atom is -0.493 e. The highest BCUT2D eigenvalue weighted by atomic mass is 16.5. The molecule has 1 amide bonds. The Morgan fingerprint density at radius 3 is 2.54 bits per heavy atom. The van der Waals surface area contributed by atoms with Gasteiger partial charge in [-0.3, -0.25) is 4.79 Å². The van der Waals surface area contributed by atoms with Gasteiger partial charge >= 0.3 is 0 Å². The van der Waals surface area contributed by atoms with E-state index in [1.165, 1.54) is 0 Å². The highest BCUT2D eigenvalue weighted by Crippen LogP contribution is 2.35. The Morgan fingerprint density at radius 1 is 1.04 bits per heavy atom. The number of anilines is 1. The van der Waals surface area contributed by atoms with Gasteiger partial charge in [-0.2, -0.15) is 0 Å². The van der Waals surface area contributed by atoms with Crippen molar-refractivity contribution >= 4 is 22.6 Å². The molecule has 1 aromatic carbocycles. The van der Waals surface area contributed by atoms with Gasteiger partial charge in [-0.15, -0.1) is 0 Å². The average Bonchev–Trinajstić information content (AvgIpc) is 3.52. The molecule has 0 unspecified atom stereocenters. The molecule has 2 aliphatic rings. The zero-order valence-corrected chi connectivity index (χ0v) is 15.3. The molecule has 1 aliphatic carbocycles. The largest absolute Gasteiger partial charge is 0.493 e. The first-order valence-electron chi connectivity index (χ1n) is 9.11. The number of rotatable bonds is 4. The van der Waals surface area contributed by atoms with Crippen molar-refractivity contribution in [1.29, 1.82) is 0 Å². The first-order valence-corrected chi connectivity index (χ1v) is 9.11. The lowest BCUT2D eigenvalue weighted by Gasteiger charge is -2.24. The van der Waals surface area contributed by atoms with Gasteiger partial charge in [0.05, 0.1) is 19.7 Å². The highest BCUT2D eigenvalue weighted by molar-refractivity contribution is 5.92. The number of aromatic nitrogens is 2. The van der Waals surface area contributed by atoms with Crippen molar-refractivity contribution in [3.8, 4) is 11.5 Å². The standard InChI is InChI=1S/C19H24N4O3/c1-25-16-10-14-15(11-17(16)26-2)20-12-21-18(14)22-6-3-7-23(9-8-22)19(24)13-4-5-13/h10-13H,3-9H2,1-2H3. The van der Waals surface area contributed by atoms with Crippen LogP contribution in [0.15, 0.2) is 18.5 Å². The van der Waals surface area contributed by atoms with Crippen molar-refractivity contribution in [1.82, 2.24) is 14.9 Å². The topological polar surface area (TPSA) is 67.8 Å². The molecule has 138 valence electrons. The molecule has 7 heteroatoms. The number of hydrogen-bond acceptors (Lipinski definition) is 6. The monoisotopic (exact) mass is 356 g/mol. The third-order valence-electron chi connectivity index (χ3n) is 5.15. The summed E-state index contributed by atoms with van der Waals surface area (Å²) in [5, 5.41) is 0.937. The zero-order chi connectivity index (χ0) is 18.1. The predicted molar refractivity (Wildman–Crippen MR) is 98.8 cm³/mol. The number of amides is 1. The van der Waals surface area contributed by atoms with E-state index in [0.717, 1.165) is 62.2 Å². The maximum absolute atomic E-state index is 12.4. The molecule has 2 aromatic rings. The van der Waals surface area contributed by atoms with Gasteiger partial charge in [0.2, 0.25) is 5.91 Å². The molecule has 1 saturated heterocycles. The Balaban J connectivity index is 1.62. The van der Waals surface area contributed by atoms with Crippen LogP contribution in [0.3, 0.4) is 0 Å². The van der Waals surface area contributed by atoms with Gasteiger partial charge in [-0.05, 0) is 25.3 Å². The molecule has 4 rings (SSSR count). The Hall–Kier alpha value is -2.57. The van der Waals surface area contributed by atoms with Crippen LogP contribution < -0.4 is 14.4 Å². The van der Waals surface area contributed by atoms with Crippen molar-refractivity contribution < 1.29 is 14.3 Å². The van der Waals surface area contributed by atoms with Gasteiger partial charge in [0.1, 0.15) is 12.1 Å². The smallest absolute Gasteiger partial charge is 0.225 e. The fraction of sp³-hybridized carbons (Fsp3) is 0.526. The maximum atomic E-state index is 12.4. The number of nitrogens with zero attached hydrogens (tertiary/aromatic N) is 4. The second kappa shape index (κ2) is 6.97. The van der Waals surface area contributed by atoms with Crippen LogP contribution in [0.25, 0.3) is 10.9 Å². The summed E-state index contributed by atoms with van der Waals surface area (Å²) >= 11 is 0. The van der Waals surface area contributed by atoms with Crippen LogP contribution in [0.4, 0.5) is 5.82 Å². The van der Waals surface area contributed by atoms with Crippen molar-refractivity contribution in [3.05, 3.63) is 18.5 Å². The van der Waals surface area contributed by atoms with Gasteiger partial charge in [-0.1, -0.05) is 0 Å². The summed E-state index contributed by atoms with van der Waals surface area (Å²) < 4.78 is 10.8. The summed E-state index contributed by atoms with van der Waals surface area (Å²) in [7, 11) is 3.24. The molecule has 0 spiro atoms. The van der Waals surface area contributed by atoms with E-state index >= 15 is 0 Å². The molecule has 1 aromatic heterocycles. The summed E-state index contributed by atoms with van der Waals surface area (Å²) in [5.41, 5.74) is 0.822. The number of methoxy groups -OCH3 is 2. The minimum absolute atomic E-state index is 0.276. The summed E-state index contributed by atoms with van der Waals surface area (Å²) in [6, 6.07) is 3.81. The number of ether oxygens (including phenoxy) is 2. The van der Waals surface area contributed by atoms with E-state index in [2.05, 4.69) is 14.9 Å². The molecule has 1 saturated carbocycles. The van der Waals surface area contributed by atoms with Crippen molar-refractivity contribution in [2.45, 2.75) is 19.3 Å². The Kier molecular flexibility index (Phi) is 4.53. The lowest BCUT2D eigenvalue weighted by Crippen LogP contribution is -2.36. The second-order valence-corrected chi connectivity index (χ2v) is 6.86. The fourth-order valence-electron chi connectivity index (χ4n) is 3.56. The van der Waals surface area contributed by atoms with Crippen LogP contribution >= 0.6 is 0 Å². The number of benzene rings is 1. The Morgan fingerprint density at radius 2 is 1.81 bits per heavy atom. The lowest BCUT2D eigenvalue weighted by atomic mass is 10.2. The molecule has 0 radical (unpaired) electrons. The molecule has 26 heavy (non-hydrogen) atoms. The van der Waals surface area contributed by atoms with E-state index in [9.17, 15) is 4.79 Å². The summed E-state index contributed by atoms with van der Waals surface area (Å²) in [6.45, 7) is 3.22. The van der Waals surface area contributed by atoms with E-state index in [-0.39, 0.29) is 5.92 Å². The average molecular weight is 356 g/mol. The molecule has 2 fully saturated rings. The SMILES string of the molecule is COc1cc2ncnc(N3CCCN(C(=O)C4CC4)CC3)c2cc1OC. The summed E-state index contributed by atoms with van der Waals surface area (Å²) in [4.78, 5) is 25.6. The first kappa shape index (κ1) is 16.9.